The second-order valence-corrected chi connectivity index (χ2v) is 8.65. The minimum absolute atomic E-state index is 0.0882. The number of aliphatic hydroxyl groups excluding tert-OH is 1. The molecule has 1 saturated carbocycles. The standard InChI is InChI=1S/C24H28N4O3/c1-26-8-9-27(15-24(26)30)14-20(29)16-31-21-10-17-4-2-3-5-22(17)23(11-21)18-12-25-28(13-18)19-6-7-19/h2-5,10-13,19-20,29H,6-9,14-16H2,1H3. The van der Waals surface area contributed by atoms with Gasteiger partial charge in [0.05, 0.1) is 18.8 Å². The van der Waals surface area contributed by atoms with Crippen molar-refractivity contribution in [3.8, 4) is 16.9 Å². The molecule has 2 heterocycles. The smallest absolute Gasteiger partial charge is 0.236 e. The van der Waals surface area contributed by atoms with Crippen LogP contribution in [-0.2, 0) is 4.79 Å². The minimum Gasteiger partial charge on any atom is -0.491 e. The zero-order chi connectivity index (χ0) is 21.4. The Morgan fingerprint density at radius 2 is 2.06 bits per heavy atom. The van der Waals surface area contributed by atoms with Gasteiger partial charge >= 0.3 is 0 Å². The maximum absolute atomic E-state index is 11.9. The van der Waals surface area contributed by atoms with Crippen molar-refractivity contribution in [1.29, 1.82) is 0 Å². The van der Waals surface area contributed by atoms with Gasteiger partial charge in [-0.2, -0.15) is 5.10 Å². The van der Waals surface area contributed by atoms with E-state index in [9.17, 15) is 9.90 Å². The number of β-amino-alcohol motifs (C(OH)–C–C–N with tert-alkyl or cyclic N) is 1. The predicted molar refractivity (Wildman–Crippen MR) is 119 cm³/mol. The number of ether oxygens (including phenoxy) is 1. The topological polar surface area (TPSA) is 70.8 Å². The Morgan fingerprint density at radius 3 is 2.87 bits per heavy atom. The van der Waals surface area contributed by atoms with Gasteiger partial charge in [-0.15, -0.1) is 0 Å². The first kappa shape index (κ1) is 20.0. The molecule has 2 fully saturated rings. The fourth-order valence-corrected chi connectivity index (χ4v) is 4.13. The number of aromatic nitrogens is 2. The number of benzene rings is 2. The highest BCUT2D eigenvalue weighted by Crippen LogP contribution is 2.37. The van der Waals surface area contributed by atoms with Gasteiger partial charge in [0.15, 0.2) is 0 Å². The number of carbonyl (C=O) groups is 1. The lowest BCUT2D eigenvalue weighted by Crippen LogP contribution is -2.51. The van der Waals surface area contributed by atoms with Crippen molar-refractivity contribution in [2.75, 3.05) is 39.8 Å². The zero-order valence-corrected chi connectivity index (χ0v) is 17.8. The Kier molecular flexibility index (Phi) is 5.38. The van der Waals surface area contributed by atoms with E-state index in [0.29, 0.717) is 25.7 Å². The van der Waals surface area contributed by atoms with Gasteiger partial charge in [0.1, 0.15) is 18.5 Å². The van der Waals surface area contributed by atoms with E-state index in [1.165, 1.54) is 12.8 Å². The van der Waals surface area contributed by atoms with Gasteiger partial charge in [0.25, 0.3) is 0 Å². The van der Waals surface area contributed by atoms with Gasteiger partial charge in [-0.25, -0.2) is 0 Å². The van der Waals surface area contributed by atoms with Crippen LogP contribution in [0.5, 0.6) is 5.75 Å². The SMILES string of the molecule is CN1CCN(CC(O)COc2cc(-c3cnn(C4CC4)c3)c3ccccc3c2)CC1=O. The summed E-state index contributed by atoms with van der Waals surface area (Å²) in [4.78, 5) is 15.6. The first-order valence-corrected chi connectivity index (χ1v) is 10.9. The van der Waals surface area contributed by atoms with Gasteiger partial charge in [-0.1, -0.05) is 24.3 Å². The first-order chi connectivity index (χ1) is 15.1. The lowest BCUT2D eigenvalue weighted by molar-refractivity contribution is -0.135. The third-order valence-corrected chi connectivity index (χ3v) is 6.12. The summed E-state index contributed by atoms with van der Waals surface area (Å²) in [5.41, 5.74) is 2.16. The Bertz CT molecular complexity index is 1090. The van der Waals surface area contributed by atoms with E-state index in [1.807, 2.05) is 42.4 Å². The Hall–Kier alpha value is -2.90. The molecule has 2 aliphatic rings. The predicted octanol–water partition coefficient (Wildman–Crippen LogP) is 2.55. The average Bonchev–Trinajstić information content (AvgIpc) is 3.51. The van der Waals surface area contributed by atoms with Crippen LogP contribution in [0.1, 0.15) is 18.9 Å². The summed E-state index contributed by atoms with van der Waals surface area (Å²) in [7, 11) is 1.81. The summed E-state index contributed by atoms with van der Waals surface area (Å²) in [5, 5.41) is 17.3. The molecule has 2 aromatic carbocycles. The van der Waals surface area contributed by atoms with Crippen LogP contribution in [0.3, 0.4) is 0 Å². The Morgan fingerprint density at radius 1 is 1.23 bits per heavy atom. The van der Waals surface area contributed by atoms with Crippen LogP contribution in [0.2, 0.25) is 0 Å². The number of piperazine rings is 1. The molecule has 7 nitrogen and oxygen atoms in total. The molecule has 7 heteroatoms. The van der Waals surface area contributed by atoms with Crippen LogP contribution >= 0.6 is 0 Å². The van der Waals surface area contributed by atoms with Crippen LogP contribution in [-0.4, -0.2) is 76.5 Å². The molecule has 0 bridgehead atoms. The molecule has 1 aliphatic carbocycles. The number of likely N-dealkylation sites (N-methyl/N-ethyl adjacent to an activating group) is 1. The summed E-state index contributed by atoms with van der Waals surface area (Å²) in [6, 6.07) is 12.8. The second kappa shape index (κ2) is 8.32. The second-order valence-electron chi connectivity index (χ2n) is 8.65. The highest BCUT2D eigenvalue weighted by molar-refractivity contribution is 5.97. The van der Waals surface area contributed by atoms with Crippen molar-refractivity contribution in [2.24, 2.45) is 0 Å². The summed E-state index contributed by atoms with van der Waals surface area (Å²) >= 11 is 0. The third-order valence-electron chi connectivity index (χ3n) is 6.12. The number of amides is 1. The Balaban J connectivity index is 1.31. The molecule has 1 unspecified atom stereocenters. The molecule has 1 atom stereocenters. The number of hydrogen-bond acceptors (Lipinski definition) is 5. The van der Waals surface area contributed by atoms with E-state index in [1.54, 1.807) is 4.90 Å². The number of aliphatic hydroxyl groups is 1. The number of carbonyl (C=O) groups excluding carboxylic acids is 1. The van der Waals surface area contributed by atoms with Gasteiger partial charge in [0.2, 0.25) is 5.91 Å². The molecule has 0 spiro atoms. The van der Waals surface area contributed by atoms with E-state index in [4.69, 9.17) is 4.74 Å². The van der Waals surface area contributed by atoms with E-state index in [-0.39, 0.29) is 12.5 Å². The lowest BCUT2D eigenvalue weighted by atomic mass is 10.00. The molecule has 1 aromatic heterocycles. The molecule has 31 heavy (non-hydrogen) atoms. The van der Waals surface area contributed by atoms with Gasteiger partial charge in [0, 0.05) is 38.4 Å². The number of rotatable bonds is 7. The fraction of sp³-hybridized carbons (Fsp3) is 0.417. The maximum Gasteiger partial charge on any atom is 0.236 e. The van der Waals surface area contributed by atoms with E-state index >= 15 is 0 Å². The molecule has 5 rings (SSSR count). The molecule has 1 amide bonds. The quantitative estimate of drug-likeness (QED) is 0.636. The van der Waals surface area contributed by atoms with Crippen LogP contribution in [0.25, 0.3) is 21.9 Å². The van der Waals surface area contributed by atoms with Crippen LogP contribution < -0.4 is 4.74 Å². The maximum atomic E-state index is 11.9. The molecular weight excluding hydrogens is 392 g/mol. The van der Waals surface area contributed by atoms with Crippen molar-refractivity contribution in [3.63, 3.8) is 0 Å². The van der Waals surface area contributed by atoms with Crippen molar-refractivity contribution < 1.29 is 14.6 Å². The molecule has 1 N–H and O–H groups in total. The lowest BCUT2D eigenvalue weighted by Gasteiger charge is -2.33. The van der Waals surface area contributed by atoms with Gasteiger partial charge in [-0.3, -0.25) is 14.4 Å². The van der Waals surface area contributed by atoms with Crippen LogP contribution in [0.15, 0.2) is 48.8 Å². The third kappa shape index (κ3) is 4.43. The zero-order valence-electron chi connectivity index (χ0n) is 17.8. The molecule has 0 radical (unpaired) electrons. The fourth-order valence-electron chi connectivity index (χ4n) is 4.13. The normalized spacial score (nSPS) is 18.5. The highest BCUT2D eigenvalue weighted by Gasteiger charge is 2.25. The van der Waals surface area contributed by atoms with E-state index in [0.717, 1.165) is 34.2 Å². The summed E-state index contributed by atoms with van der Waals surface area (Å²) in [6.07, 6.45) is 5.76. The first-order valence-electron chi connectivity index (χ1n) is 10.9. The Labute approximate surface area is 181 Å². The van der Waals surface area contributed by atoms with Crippen molar-refractivity contribution in [2.45, 2.75) is 25.0 Å². The molecule has 3 aromatic rings. The van der Waals surface area contributed by atoms with Crippen molar-refractivity contribution >= 4 is 16.7 Å². The van der Waals surface area contributed by atoms with Crippen LogP contribution in [0, 0.1) is 0 Å². The summed E-state index contributed by atoms with van der Waals surface area (Å²) < 4.78 is 8.05. The van der Waals surface area contributed by atoms with Crippen molar-refractivity contribution in [3.05, 3.63) is 48.8 Å². The molecular formula is C24H28N4O3. The highest BCUT2D eigenvalue weighted by atomic mass is 16.5. The van der Waals surface area contributed by atoms with Gasteiger partial charge in [-0.05, 0) is 41.3 Å². The van der Waals surface area contributed by atoms with E-state index in [2.05, 4.69) is 28.1 Å². The molecule has 1 saturated heterocycles. The summed E-state index contributed by atoms with van der Waals surface area (Å²) in [5.74, 6) is 0.812. The van der Waals surface area contributed by atoms with Crippen molar-refractivity contribution in [1.82, 2.24) is 19.6 Å². The monoisotopic (exact) mass is 420 g/mol. The van der Waals surface area contributed by atoms with Crippen LogP contribution in [0.4, 0.5) is 0 Å². The summed E-state index contributed by atoms with van der Waals surface area (Å²) in [6.45, 7) is 2.41. The molecule has 1 aliphatic heterocycles. The molecule has 162 valence electrons. The number of nitrogens with zero attached hydrogens (tertiary/aromatic N) is 4. The largest absolute Gasteiger partial charge is 0.491 e. The average molecular weight is 421 g/mol. The van der Waals surface area contributed by atoms with E-state index < -0.39 is 6.10 Å². The van der Waals surface area contributed by atoms with Gasteiger partial charge < -0.3 is 14.7 Å². The number of hydrogen-bond donors (Lipinski definition) is 1. The number of fused-ring (bicyclic) bond motifs is 1. The minimum atomic E-state index is -0.663.